The second kappa shape index (κ2) is 17.4. The van der Waals surface area contributed by atoms with Crippen LogP contribution >= 0.6 is 7.60 Å². The highest BCUT2D eigenvalue weighted by molar-refractivity contribution is 7.51. The summed E-state index contributed by atoms with van der Waals surface area (Å²) in [4.78, 5) is 19.4. The monoisotopic (exact) mass is 482 g/mol. The van der Waals surface area contributed by atoms with E-state index in [1.54, 1.807) is 0 Å². The lowest BCUT2D eigenvalue weighted by atomic mass is 9.94. The highest BCUT2D eigenvalue weighted by Gasteiger charge is 2.49. The van der Waals surface area contributed by atoms with Crippen molar-refractivity contribution in [2.75, 3.05) is 39.2 Å². The first-order chi connectivity index (χ1) is 15.4. The van der Waals surface area contributed by atoms with Gasteiger partial charge in [0.25, 0.3) is 0 Å². The minimum Gasteiger partial charge on any atom is -0.379 e. The van der Waals surface area contributed by atoms with Crippen molar-refractivity contribution in [1.29, 1.82) is 0 Å². The first-order valence-electron chi connectivity index (χ1n) is 12.5. The maximum Gasteiger partial charge on any atom is 0.328 e. The molecule has 9 heteroatoms. The van der Waals surface area contributed by atoms with Crippen LogP contribution in [0, 0.1) is 0 Å². The Morgan fingerprint density at radius 3 is 1.59 bits per heavy atom. The molecule has 32 heavy (non-hydrogen) atoms. The molecule has 1 aliphatic rings. The second-order valence-electron chi connectivity index (χ2n) is 8.56. The molecule has 0 radical (unpaired) electrons. The number of hydrogen-bond donors (Lipinski definition) is 2. The molecular formula is C23H47O8P. The predicted octanol–water partition coefficient (Wildman–Crippen LogP) is 4.30. The van der Waals surface area contributed by atoms with E-state index < -0.39 is 44.3 Å². The van der Waals surface area contributed by atoms with Gasteiger partial charge in [0.1, 0.15) is 24.4 Å². The fraction of sp³-hybridized carbons (Fsp3) is 1.00. The van der Waals surface area contributed by atoms with Gasteiger partial charge in [-0.15, -0.1) is 0 Å². The Kier molecular flexibility index (Phi) is 16.3. The molecule has 1 aliphatic heterocycles. The van der Waals surface area contributed by atoms with Crippen LogP contribution in [-0.2, 0) is 28.2 Å². The van der Waals surface area contributed by atoms with Crippen molar-refractivity contribution >= 4 is 7.60 Å². The molecule has 0 spiro atoms. The number of ether oxygens (including phenoxy) is 5. The van der Waals surface area contributed by atoms with Crippen molar-refractivity contribution in [3.05, 3.63) is 0 Å². The summed E-state index contributed by atoms with van der Waals surface area (Å²) in [5, 5.41) is 0. The highest BCUT2D eigenvalue weighted by atomic mass is 31.2. The first kappa shape index (κ1) is 30.0. The largest absolute Gasteiger partial charge is 0.379 e. The van der Waals surface area contributed by atoms with Gasteiger partial charge in [-0.25, -0.2) is 0 Å². The van der Waals surface area contributed by atoms with E-state index >= 15 is 0 Å². The summed E-state index contributed by atoms with van der Waals surface area (Å²) in [5.41, 5.74) is 0. The van der Waals surface area contributed by atoms with E-state index in [9.17, 15) is 14.4 Å². The minimum absolute atomic E-state index is 0.295. The molecule has 5 atom stereocenters. The topological polar surface area (TPSA) is 104 Å². The van der Waals surface area contributed by atoms with Gasteiger partial charge in [0.2, 0.25) is 0 Å². The maximum absolute atomic E-state index is 11.9. The molecule has 0 saturated carbocycles. The van der Waals surface area contributed by atoms with Crippen molar-refractivity contribution in [2.45, 2.75) is 110 Å². The summed E-state index contributed by atoms with van der Waals surface area (Å²) in [7, 11) is -4.32. The summed E-state index contributed by atoms with van der Waals surface area (Å²) in [6, 6.07) is 0. The quantitative estimate of drug-likeness (QED) is 0.207. The molecule has 0 unspecified atom stereocenters. The summed E-state index contributed by atoms with van der Waals surface area (Å²) < 4.78 is 42.6. The van der Waals surface area contributed by atoms with Gasteiger partial charge in [0.15, 0.2) is 0 Å². The molecule has 2 N–H and O–H groups in total. The predicted molar refractivity (Wildman–Crippen MR) is 125 cm³/mol. The van der Waals surface area contributed by atoms with Gasteiger partial charge in [-0.2, -0.15) is 0 Å². The van der Waals surface area contributed by atoms with E-state index in [2.05, 4.69) is 27.7 Å². The Hall–Kier alpha value is -0.0500. The first-order valence-corrected chi connectivity index (χ1v) is 14.3. The van der Waals surface area contributed by atoms with Crippen LogP contribution in [0.5, 0.6) is 0 Å². The standard InChI is InChI=1S/C23H47O8P/c1-5-9-13-27-17-19-21(28-14-10-6-2)23(30-16-12-8-4)22(29-15-11-7-3)20(31-19)18-32(24,25)26/h19-23H,5-18H2,1-4H3,(H2,24,25,26)/t19-,20-,21-,22-,23+/m1/s1. The lowest BCUT2D eigenvalue weighted by Crippen LogP contribution is -2.62. The van der Waals surface area contributed by atoms with Gasteiger partial charge in [-0.05, 0) is 25.7 Å². The summed E-state index contributed by atoms with van der Waals surface area (Å²) in [6.07, 6.45) is 4.41. The molecule has 0 aromatic heterocycles. The lowest BCUT2D eigenvalue weighted by molar-refractivity contribution is -0.261. The van der Waals surface area contributed by atoms with Crippen molar-refractivity contribution in [1.82, 2.24) is 0 Å². The molecule has 0 aliphatic carbocycles. The summed E-state index contributed by atoms with van der Waals surface area (Å²) in [6.45, 7) is 10.9. The smallest absolute Gasteiger partial charge is 0.328 e. The molecule has 0 aromatic rings. The van der Waals surface area contributed by atoms with E-state index in [4.69, 9.17) is 23.7 Å². The number of rotatable bonds is 19. The third-order valence-corrected chi connectivity index (χ3v) is 6.33. The summed E-state index contributed by atoms with van der Waals surface area (Å²) >= 11 is 0. The number of unbranched alkanes of at least 4 members (excludes halogenated alkanes) is 4. The zero-order valence-corrected chi connectivity index (χ0v) is 21.5. The van der Waals surface area contributed by atoms with E-state index in [0.29, 0.717) is 33.0 Å². The van der Waals surface area contributed by atoms with Crippen LogP contribution in [0.15, 0.2) is 0 Å². The molecule has 8 nitrogen and oxygen atoms in total. The van der Waals surface area contributed by atoms with E-state index in [1.807, 2.05) is 0 Å². The van der Waals surface area contributed by atoms with Crippen LogP contribution in [0.4, 0.5) is 0 Å². The van der Waals surface area contributed by atoms with Crippen molar-refractivity contribution in [2.24, 2.45) is 0 Å². The fourth-order valence-corrected chi connectivity index (χ4v) is 4.40. The number of hydrogen-bond acceptors (Lipinski definition) is 6. The summed E-state index contributed by atoms with van der Waals surface area (Å²) in [5.74, 6) is 0. The van der Waals surface area contributed by atoms with Gasteiger partial charge < -0.3 is 33.5 Å². The maximum atomic E-state index is 11.9. The van der Waals surface area contributed by atoms with Crippen LogP contribution in [0.2, 0.25) is 0 Å². The Labute approximate surface area is 194 Å². The van der Waals surface area contributed by atoms with E-state index in [0.717, 1.165) is 51.4 Å². The minimum atomic E-state index is -4.32. The highest BCUT2D eigenvalue weighted by Crippen LogP contribution is 2.40. The van der Waals surface area contributed by atoms with Gasteiger partial charge in [-0.1, -0.05) is 53.4 Å². The van der Waals surface area contributed by atoms with Gasteiger partial charge >= 0.3 is 7.60 Å². The van der Waals surface area contributed by atoms with Crippen molar-refractivity contribution in [3.8, 4) is 0 Å². The average molecular weight is 483 g/mol. The Morgan fingerprint density at radius 1 is 0.688 bits per heavy atom. The average Bonchev–Trinajstić information content (AvgIpc) is 2.73. The van der Waals surface area contributed by atoms with Crippen LogP contribution in [0.25, 0.3) is 0 Å². The Morgan fingerprint density at radius 2 is 1.12 bits per heavy atom. The van der Waals surface area contributed by atoms with Gasteiger partial charge in [0.05, 0.1) is 18.9 Å². The zero-order chi connectivity index (χ0) is 23.8. The Balaban J connectivity index is 3.13. The Bertz CT molecular complexity index is 500. The molecular weight excluding hydrogens is 435 g/mol. The normalized spacial score (nSPS) is 26.5. The molecule has 192 valence electrons. The van der Waals surface area contributed by atoms with Crippen molar-refractivity contribution in [3.63, 3.8) is 0 Å². The lowest BCUT2D eigenvalue weighted by Gasteiger charge is -2.46. The van der Waals surface area contributed by atoms with Crippen LogP contribution in [0.1, 0.15) is 79.1 Å². The third-order valence-electron chi connectivity index (χ3n) is 5.50. The molecule has 1 saturated heterocycles. The van der Waals surface area contributed by atoms with Crippen LogP contribution < -0.4 is 0 Å². The SMILES string of the molecule is CCCCOC[C@H]1O[C@H](CP(=O)(O)O)[C@@H](OCCCC)[C@@H](OCCCC)[C@@H]1OCCCC. The van der Waals surface area contributed by atoms with Gasteiger partial charge in [-0.3, -0.25) is 4.57 Å². The van der Waals surface area contributed by atoms with Gasteiger partial charge in [0, 0.05) is 26.4 Å². The zero-order valence-electron chi connectivity index (χ0n) is 20.6. The molecule has 1 fully saturated rings. The molecule has 0 bridgehead atoms. The van der Waals surface area contributed by atoms with Crippen molar-refractivity contribution < 1.29 is 38.0 Å². The molecule has 0 amide bonds. The van der Waals surface area contributed by atoms with Crippen LogP contribution in [0.3, 0.4) is 0 Å². The van der Waals surface area contributed by atoms with Crippen LogP contribution in [-0.4, -0.2) is 79.5 Å². The van der Waals surface area contributed by atoms with E-state index in [-0.39, 0.29) is 0 Å². The fourth-order valence-electron chi connectivity index (χ4n) is 3.64. The third kappa shape index (κ3) is 11.9. The molecule has 0 aromatic carbocycles. The molecule has 1 heterocycles. The molecule has 1 rings (SSSR count). The second-order valence-corrected chi connectivity index (χ2v) is 10.3. The van der Waals surface area contributed by atoms with E-state index in [1.165, 1.54) is 0 Å².